The van der Waals surface area contributed by atoms with Crippen LogP contribution >= 0.6 is 0 Å². The van der Waals surface area contributed by atoms with Crippen LogP contribution in [0.2, 0.25) is 0 Å². The number of hydrogen-bond donors (Lipinski definition) is 2. The minimum atomic E-state index is -0.372. The molecule has 0 saturated heterocycles. The van der Waals surface area contributed by atoms with Crippen molar-refractivity contribution in [2.75, 3.05) is 6.61 Å². The summed E-state index contributed by atoms with van der Waals surface area (Å²) in [5.74, 6) is 0.555. The summed E-state index contributed by atoms with van der Waals surface area (Å²) >= 11 is 0. The van der Waals surface area contributed by atoms with Gasteiger partial charge in [-0.1, -0.05) is 18.2 Å². The summed E-state index contributed by atoms with van der Waals surface area (Å²) < 4.78 is 0. The zero-order valence-corrected chi connectivity index (χ0v) is 7.19. The topological polar surface area (TPSA) is 40.5 Å². The summed E-state index contributed by atoms with van der Waals surface area (Å²) in [7, 11) is 0. The Labute approximate surface area is 73.2 Å². The van der Waals surface area contributed by atoms with Crippen molar-refractivity contribution in [3.05, 3.63) is 24.8 Å². The Morgan fingerprint density at radius 3 is 2.83 bits per heavy atom. The summed E-state index contributed by atoms with van der Waals surface area (Å²) in [6.07, 6.45) is 6.83. The molecule has 3 atom stereocenters. The third kappa shape index (κ3) is 2.19. The molecule has 1 rings (SSSR count). The molecular formula is C10H16O2. The van der Waals surface area contributed by atoms with Crippen LogP contribution in [0.4, 0.5) is 0 Å². The van der Waals surface area contributed by atoms with Gasteiger partial charge in [-0.05, 0) is 24.7 Å². The molecule has 0 spiro atoms. The van der Waals surface area contributed by atoms with Gasteiger partial charge in [0.1, 0.15) is 0 Å². The number of allylic oxidation sites excluding steroid dienone is 2. The van der Waals surface area contributed by atoms with E-state index in [0.717, 1.165) is 6.42 Å². The molecule has 0 aliphatic heterocycles. The van der Waals surface area contributed by atoms with E-state index in [2.05, 4.69) is 6.58 Å². The molecule has 1 aliphatic carbocycles. The van der Waals surface area contributed by atoms with Crippen LogP contribution in [0.15, 0.2) is 24.8 Å². The van der Waals surface area contributed by atoms with E-state index >= 15 is 0 Å². The number of hydrogen-bond acceptors (Lipinski definition) is 2. The molecule has 0 amide bonds. The molecule has 2 N–H and O–H groups in total. The van der Waals surface area contributed by atoms with E-state index in [1.807, 2.05) is 12.2 Å². The molecule has 0 radical (unpaired) electrons. The number of aliphatic hydroxyl groups excluding tert-OH is 2. The number of rotatable bonds is 3. The SMILES string of the molecule is C=CCC1C=CC(O)CC1CO. The largest absolute Gasteiger partial charge is 0.396 e. The highest BCUT2D eigenvalue weighted by atomic mass is 16.3. The van der Waals surface area contributed by atoms with Crippen LogP contribution in [0.5, 0.6) is 0 Å². The highest BCUT2D eigenvalue weighted by molar-refractivity contribution is 5.03. The van der Waals surface area contributed by atoms with Gasteiger partial charge in [0.2, 0.25) is 0 Å². The standard InChI is InChI=1S/C10H16O2/c1-2-3-8-4-5-10(12)6-9(8)7-11/h2,4-5,8-12H,1,3,6-7H2. The normalized spacial score (nSPS) is 35.0. The van der Waals surface area contributed by atoms with Crippen LogP contribution in [-0.4, -0.2) is 22.9 Å². The second-order valence-corrected chi connectivity index (χ2v) is 3.32. The summed E-state index contributed by atoms with van der Waals surface area (Å²) in [6.45, 7) is 3.82. The molecule has 0 aromatic rings. The summed E-state index contributed by atoms with van der Waals surface area (Å²) in [4.78, 5) is 0. The van der Waals surface area contributed by atoms with Crippen molar-refractivity contribution in [1.29, 1.82) is 0 Å². The van der Waals surface area contributed by atoms with Crippen molar-refractivity contribution in [1.82, 2.24) is 0 Å². The maximum absolute atomic E-state index is 9.27. The van der Waals surface area contributed by atoms with Gasteiger partial charge < -0.3 is 10.2 Å². The first kappa shape index (κ1) is 9.49. The Morgan fingerprint density at radius 2 is 2.25 bits per heavy atom. The zero-order chi connectivity index (χ0) is 8.97. The van der Waals surface area contributed by atoms with Gasteiger partial charge in [0.25, 0.3) is 0 Å². The van der Waals surface area contributed by atoms with Crippen LogP contribution in [0, 0.1) is 11.8 Å². The first-order valence-corrected chi connectivity index (χ1v) is 4.36. The predicted octanol–water partition coefficient (Wildman–Crippen LogP) is 1.11. The Kier molecular flexibility index (Phi) is 3.50. The Balaban J connectivity index is 2.57. The van der Waals surface area contributed by atoms with Gasteiger partial charge in [-0.3, -0.25) is 0 Å². The van der Waals surface area contributed by atoms with Gasteiger partial charge in [-0.15, -0.1) is 6.58 Å². The van der Waals surface area contributed by atoms with E-state index in [4.69, 9.17) is 5.11 Å². The molecule has 68 valence electrons. The fourth-order valence-corrected chi connectivity index (χ4v) is 1.67. The Hall–Kier alpha value is -0.600. The zero-order valence-electron chi connectivity index (χ0n) is 7.19. The lowest BCUT2D eigenvalue weighted by Gasteiger charge is -2.27. The fourth-order valence-electron chi connectivity index (χ4n) is 1.67. The van der Waals surface area contributed by atoms with Crippen molar-refractivity contribution in [2.45, 2.75) is 18.9 Å². The summed E-state index contributed by atoms with van der Waals surface area (Å²) in [6, 6.07) is 0. The van der Waals surface area contributed by atoms with Gasteiger partial charge in [0, 0.05) is 6.61 Å². The lowest BCUT2D eigenvalue weighted by Crippen LogP contribution is -2.25. The molecule has 0 aromatic heterocycles. The van der Waals surface area contributed by atoms with Crippen molar-refractivity contribution in [2.24, 2.45) is 11.8 Å². The molecule has 0 bridgehead atoms. The van der Waals surface area contributed by atoms with Gasteiger partial charge in [0.05, 0.1) is 6.10 Å². The fraction of sp³-hybridized carbons (Fsp3) is 0.600. The first-order chi connectivity index (χ1) is 5.77. The van der Waals surface area contributed by atoms with Gasteiger partial charge in [-0.25, -0.2) is 0 Å². The molecule has 2 heteroatoms. The molecule has 1 aliphatic rings. The molecular weight excluding hydrogens is 152 g/mol. The summed E-state index contributed by atoms with van der Waals surface area (Å²) in [5, 5.41) is 18.3. The number of aliphatic hydroxyl groups is 2. The third-order valence-electron chi connectivity index (χ3n) is 2.40. The van der Waals surface area contributed by atoms with Crippen molar-refractivity contribution < 1.29 is 10.2 Å². The van der Waals surface area contributed by atoms with Crippen LogP contribution in [-0.2, 0) is 0 Å². The Bertz CT molecular complexity index is 175. The van der Waals surface area contributed by atoms with Crippen molar-refractivity contribution in [3.8, 4) is 0 Å². The van der Waals surface area contributed by atoms with Crippen LogP contribution < -0.4 is 0 Å². The van der Waals surface area contributed by atoms with E-state index in [1.54, 1.807) is 6.08 Å². The maximum Gasteiger partial charge on any atom is 0.0724 e. The second kappa shape index (κ2) is 4.43. The van der Waals surface area contributed by atoms with Crippen LogP contribution in [0.3, 0.4) is 0 Å². The molecule has 0 saturated carbocycles. The smallest absolute Gasteiger partial charge is 0.0724 e. The van der Waals surface area contributed by atoms with Crippen molar-refractivity contribution >= 4 is 0 Å². The average Bonchev–Trinajstić information content (AvgIpc) is 2.08. The second-order valence-electron chi connectivity index (χ2n) is 3.32. The monoisotopic (exact) mass is 168 g/mol. The minimum absolute atomic E-state index is 0.153. The predicted molar refractivity (Wildman–Crippen MR) is 48.6 cm³/mol. The quantitative estimate of drug-likeness (QED) is 0.620. The lowest BCUT2D eigenvalue weighted by atomic mass is 9.81. The van der Waals surface area contributed by atoms with Gasteiger partial charge in [-0.2, -0.15) is 0 Å². The van der Waals surface area contributed by atoms with E-state index in [9.17, 15) is 5.11 Å². The van der Waals surface area contributed by atoms with E-state index in [1.165, 1.54) is 0 Å². The molecule has 2 nitrogen and oxygen atoms in total. The molecule has 0 heterocycles. The first-order valence-electron chi connectivity index (χ1n) is 4.36. The maximum atomic E-state index is 9.27. The van der Waals surface area contributed by atoms with E-state index in [-0.39, 0.29) is 18.6 Å². The van der Waals surface area contributed by atoms with Crippen molar-refractivity contribution in [3.63, 3.8) is 0 Å². The van der Waals surface area contributed by atoms with Gasteiger partial charge in [0.15, 0.2) is 0 Å². The molecule has 0 aromatic carbocycles. The van der Waals surface area contributed by atoms with Crippen LogP contribution in [0.1, 0.15) is 12.8 Å². The third-order valence-corrected chi connectivity index (χ3v) is 2.40. The molecule has 3 unspecified atom stereocenters. The van der Waals surface area contributed by atoms with Gasteiger partial charge >= 0.3 is 0 Å². The Morgan fingerprint density at radius 1 is 1.50 bits per heavy atom. The average molecular weight is 168 g/mol. The molecule has 12 heavy (non-hydrogen) atoms. The lowest BCUT2D eigenvalue weighted by molar-refractivity contribution is 0.114. The summed E-state index contributed by atoms with van der Waals surface area (Å²) in [5.41, 5.74) is 0. The minimum Gasteiger partial charge on any atom is -0.396 e. The highest BCUT2D eigenvalue weighted by Gasteiger charge is 2.23. The van der Waals surface area contributed by atoms with Crippen LogP contribution in [0.25, 0.3) is 0 Å². The highest BCUT2D eigenvalue weighted by Crippen LogP contribution is 2.27. The van der Waals surface area contributed by atoms with E-state index < -0.39 is 0 Å². The molecule has 0 fully saturated rings. The van der Waals surface area contributed by atoms with E-state index in [0.29, 0.717) is 12.3 Å².